The number of hydrogen-bond donors (Lipinski definition) is 1. The molecule has 0 spiro atoms. The van der Waals surface area contributed by atoms with E-state index in [1.807, 2.05) is 23.7 Å². The van der Waals surface area contributed by atoms with Crippen molar-refractivity contribution in [2.75, 3.05) is 25.1 Å². The molecule has 1 amide bonds. The topological polar surface area (TPSA) is 32.3 Å². The summed E-state index contributed by atoms with van der Waals surface area (Å²) in [4.78, 5) is 14.4. The molecule has 0 aromatic rings. The molecule has 1 saturated heterocycles. The van der Waals surface area contributed by atoms with Gasteiger partial charge in [-0.25, -0.2) is 0 Å². The molecule has 2 aliphatic rings. The predicted molar refractivity (Wildman–Crippen MR) is 85.2 cm³/mol. The minimum absolute atomic E-state index is 0. The molecule has 2 rings (SSSR count). The molecule has 112 valence electrons. The van der Waals surface area contributed by atoms with E-state index in [1.165, 1.54) is 31.4 Å². The number of nitrogens with one attached hydrogen (secondary N) is 1. The third kappa shape index (κ3) is 4.83. The van der Waals surface area contributed by atoms with Gasteiger partial charge in [-0.15, -0.1) is 12.4 Å². The van der Waals surface area contributed by atoms with Gasteiger partial charge in [0.15, 0.2) is 0 Å². The molecule has 3 unspecified atom stereocenters. The summed E-state index contributed by atoms with van der Waals surface area (Å²) in [6.45, 7) is 3.34. The SMILES string of the molecule is CC1CCCCC1N(C)C(=O)CC1CSCCN1.Cl. The molecule has 1 N–H and O–H groups in total. The van der Waals surface area contributed by atoms with E-state index >= 15 is 0 Å². The summed E-state index contributed by atoms with van der Waals surface area (Å²) in [6, 6.07) is 0.861. The third-order valence-corrected chi connectivity index (χ3v) is 5.51. The summed E-state index contributed by atoms with van der Waals surface area (Å²) in [5.41, 5.74) is 0. The largest absolute Gasteiger partial charge is 0.342 e. The molecule has 3 atom stereocenters. The van der Waals surface area contributed by atoms with Crippen LogP contribution in [0.2, 0.25) is 0 Å². The van der Waals surface area contributed by atoms with Crippen molar-refractivity contribution in [2.45, 2.75) is 51.1 Å². The van der Waals surface area contributed by atoms with Gasteiger partial charge in [0, 0.05) is 43.6 Å². The lowest BCUT2D eigenvalue weighted by Crippen LogP contribution is -2.46. The fourth-order valence-electron chi connectivity index (χ4n) is 3.16. The normalized spacial score (nSPS) is 31.4. The van der Waals surface area contributed by atoms with E-state index in [9.17, 15) is 4.79 Å². The molecular formula is C14H27ClN2OS. The van der Waals surface area contributed by atoms with Crippen LogP contribution < -0.4 is 5.32 Å². The van der Waals surface area contributed by atoms with Crippen LogP contribution in [0.1, 0.15) is 39.0 Å². The van der Waals surface area contributed by atoms with E-state index in [4.69, 9.17) is 0 Å². The zero-order valence-electron chi connectivity index (χ0n) is 12.1. The average molecular weight is 307 g/mol. The van der Waals surface area contributed by atoms with Gasteiger partial charge in [0.1, 0.15) is 0 Å². The zero-order chi connectivity index (χ0) is 13.0. The fourth-order valence-corrected chi connectivity index (χ4v) is 4.11. The Labute approximate surface area is 127 Å². The van der Waals surface area contributed by atoms with Gasteiger partial charge in [0.2, 0.25) is 5.91 Å². The minimum atomic E-state index is 0. The Balaban J connectivity index is 0.00000180. The second-order valence-corrected chi connectivity index (χ2v) is 6.91. The Bertz CT molecular complexity index is 285. The van der Waals surface area contributed by atoms with Crippen molar-refractivity contribution in [3.05, 3.63) is 0 Å². The summed E-state index contributed by atoms with van der Waals surface area (Å²) in [7, 11) is 2.00. The molecule has 1 aliphatic carbocycles. The first kappa shape index (κ1) is 17.1. The smallest absolute Gasteiger partial charge is 0.224 e. The van der Waals surface area contributed by atoms with Crippen LogP contribution in [-0.2, 0) is 4.79 Å². The summed E-state index contributed by atoms with van der Waals surface area (Å²) >= 11 is 1.96. The van der Waals surface area contributed by atoms with Crippen molar-refractivity contribution in [3.63, 3.8) is 0 Å². The lowest BCUT2D eigenvalue weighted by Gasteiger charge is -2.37. The summed E-state index contributed by atoms with van der Waals surface area (Å²) in [6.07, 6.45) is 5.76. The fraction of sp³-hybridized carbons (Fsp3) is 0.929. The second-order valence-electron chi connectivity index (χ2n) is 5.76. The van der Waals surface area contributed by atoms with E-state index < -0.39 is 0 Å². The zero-order valence-corrected chi connectivity index (χ0v) is 13.7. The van der Waals surface area contributed by atoms with Gasteiger partial charge in [-0.05, 0) is 18.8 Å². The highest BCUT2D eigenvalue weighted by molar-refractivity contribution is 7.99. The molecule has 0 radical (unpaired) electrons. The molecule has 1 heterocycles. The second kappa shape index (κ2) is 8.38. The van der Waals surface area contributed by atoms with Gasteiger partial charge in [-0.3, -0.25) is 4.79 Å². The number of amides is 1. The first-order valence-corrected chi connectivity index (χ1v) is 8.40. The van der Waals surface area contributed by atoms with Gasteiger partial charge >= 0.3 is 0 Å². The predicted octanol–water partition coefficient (Wildman–Crippen LogP) is 2.54. The lowest BCUT2D eigenvalue weighted by molar-refractivity contribution is -0.134. The highest BCUT2D eigenvalue weighted by Gasteiger charge is 2.29. The molecule has 0 aromatic carbocycles. The van der Waals surface area contributed by atoms with Crippen LogP contribution in [0.4, 0.5) is 0 Å². The van der Waals surface area contributed by atoms with E-state index in [-0.39, 0.29) is 12.4 Å². The number of nitrogens with zero attached hydrogens (tertiary/aromatic N) is 1. The van der Waals surface area contributed by atoms with Crippen molar-refractivity contribution in [1.82, 2.24) is 10.2 Å². The number of thioether (sulfide) groups is 1. The summed E-state index contributed by atoms with van der Waals surface area (Å²) in [5.74, 6) is 3.26. The molecule has 3 nitrogen and oxygen atoms in total. The Morgan fingerprint density at radius 1 is 1.37 bits per heavy atom. The Morgan fingerprint density at radius 3 is 2.74 bits per heavy atom. The monoisotopic (exact) mass is 306 g/mol. The van der Waals surface area contributed by atoms with Crippen molar-refractivity contribution >= 4 is 30.1 Å². The molecular weight excluding hydrogens is 280 g/mol. The Hall–Kier alpha value is 0.0700. The summed E-state index contributed by atoms with van der Waals surface area (Å²) < 4.78 is 0. The van der Waals surface area contributed by atoms with Crippen LogP contribution in [-0.4, -0.2) is 48.0 Å². The van der Waals surface area contributed by atoms with Gasteiger partial charge in [-0.1, -0.05) is 19.8 Å². The van der Waals surface area contributed by atoms with Crippen molar-refractivity contribution in [1.29, 1.82) is 0 Å². The van der Waals surface area contributed by atoms with Gasteiger partial charge in [0.05, 0.1) is 0 Å². The van der Waals surface area contributed by atoms with Crippen LogP contribution >= 0.6 is 24.2 Å². The summed E-state index contributed by atoms with van der Waals surface area (Å²) in [5, 5.41) is 3.45. The molecule has 1 aliphatic heterocycles. The Kier molecular flexibility index (Phi) is 7.55. The van der Waals surface area contributed by atoms with Crippen LogP contribution in [0.25, 0.3) is 0 Å². The van der Waals surface area contributed by atoms with Crippen LogP contribution in [0.3, 0.4) is 0 Å². The number of rotatable bonds is 3. The van der Waals surface area contributed by atoms with Crippen molar-refractivity contribution in [3.8, 4) is 0 Å². The van der Waals surface area contributed by atoms with Crippen LogP contribution in [0.15, 0.2) is 0 Å². The highest BCUT2D eigenvalue weighted by Crippen LogP contribution is 2.28. The van der Waals surface area contributed by atoms with Crippen molar-refractivity contribution in [2.24, 2.45) is 5.92 Å². The number of halogens is 1. The van der Waals surface area contributed by atoms with Crippen LogP contribution in [0.5, 0.6) is 0 Å². The maximum atomic E-state index is 12.3. The van der Waals surface area contributed by atoms with E-state index in [2.05, 4.69) is 12.2 Å². The standard InChI is InChI=1S/C14H26N2OS.ClH/c1-11-5-3-4-6-13(11)16(2)14(17)9-12-10-18-8-7-15-12;/h11-13,15H,3-10H2,1-2H3;1H. The maximum Gasteiger partial charge on any atom is 0.224 e. The highest BCUT2D eigenvalue weighted by atomic mass is 35.5. The van der Waals surface area contributed by atoms with E-state index in [1.54, 1.807) is 0 Å². The van der Waals surface area contributed by atoms with Crippen molar-refractivity contribution < 1.29 is 4.79 Å². The van der Waals surface area contributed by atoms with Gasteiger partial charge < -0.3 is 10.2 Å². The number of carbonyl (C=O) groups excluding carboxylic acids is 1. The molecule has 19 heavy (non-hydrogen) atoms. The quantitative estimate of drug-likeness (QED) is 0.869. The van der Waals surface area contributed by atoms with E-state index in [0.29, 0.717) is 30.3 Å². The van der Waals surface area contributed by atoms with E-state index in [0.717, 1.165) is 12.3 Å². The first-order chi connectivity index (χ1) is 8.68. The minimum Gasteiger partial charge on any atom is -0.342 e. The average Bonchev–Trinajstić information content (AvgIpc) is 2.39. The molecule has 1 saturated carbocycles. The molecule has 0 bridgehead atoms. The Morgan fingerprint density at radius 2 is 2.11 bits per heavy atom. The first-order valence-electron chi connectivity index (χ1n) is 7.25. The van der Waals surface area contributed by atoms with Gasteiger partial charge in [0.25, 0.3) is 0 Å². The molecule has 2 fully saturated rings. The lowest BCUT2D eigenvalue weighted by atomic mass is 9.85. The molecule has 0 aromatic heterocycles. The molecule has 5 heteroatoms. The number of hydrogen-bond acceptors (Lipinski definition) is 3. The maximum absolute atomic E-state index is 12.3. The third-order valence-electron chi connectivity index (χ3n) is 4.38. The van der Waals surface area contributed by atoms with Gasteiger partial charge in [-0.2, -0.15) is 11.8 Å². The number of carbonyl (C=O) groups is 1. The van der Waals surface area contributed by atoms with Crippen LogP contribution in [0, 0.1) is 5.92 Å².